The Labute approximate surface area is 148 Å². The smallest absolute Gasteiger partial charge is 0.332 e. The van der Waals surface area contributed by atoms with Gasteiger partial charge >= 0.3 is 6.18 Å². The number of nitrogens with one attached hydrogen (secondary N) is 1. The highest BCUT2D eigenvalue weighted by atomic mass is 35.5. The molecule has 136 valence electrons. The third kappa shape index (κ3) is 4.10. The molecule has 0 aliphatic carbocycles. The van der Waals surface area contributed by atoms with Crippen LogP contribution in [-0.4, -0.2) is 51.5 Å². The summed E-state index contributed by atoms with van der Waals surface area (Å²) in [5.41, 5.74) is -0.468. The van der Waals surface area contributed by atoms with Gasteiger partial charge in [0.2, 0.25) is 0 Å². The Hall–Kier alpha value is -2.13. The van der Waals surface area contributed by atoms with E-state index >= 15 is 0 Å². The van der Waals surface area contributed by atoms with Gasteiger partial charge in [-0.3, -0.25) is 4.79 Å². The van der Waals surface area contributed by atoms with Gasteiger partial charge in [0.1, 0.15) is 0 Å². The predicted molar refractivity (Wildman–Crippen MR) is 87.0 cm³/mol. The lowest BCUT2D eigenvalue weighted by Gasteiger charge is -2.33. The molecule has 1 aliphatic heterocycles. The summed E-state index contributed by atoms with van der Waals surface area (Å²) in [6.45, 7) is 3.85. The zero-order chi connectivity index (χ0) is 17.3. The van der Waals surface area contributed by atoms with Crippen LogP contribution in [0.4, 0.5) is 13.2 Å². The summed E-state index contributed by atoms with van der Waals surface area (Å²) >= 11 is 0. The number of hydrogen-bond donors (Lipinski definition) is 1. The molecule has 1 aromatic carbocycles. The van der Waals surface area contributed by atoms with Gasteiger partial charge in [-0.15, -0.1) is 17.5 Å². The van der Waals surface area contributed by atoms with Crippen molar-refractivity contribution < 1.29 is 18.0 Å². The largest absolute Gasteiger partial charge is 0.416 e. The molecule has 2 aromatic rings. The van der Waals surface area contributed by atoms with Crippen LogP contribution < -0.4 is 5.32 Å². The van der Waals surface area contributed by atoms with E-state index in [-0.39, 0.29) is 35.7 Å². The summed E-state index contributed by atoms with van der Waals surface area (Å²) in [7, 11) is 0. The number of carbonyl (C=O) groups is 1. The first kappa shape index (κ1) is 19.2. The minimum absolute atomic E-state index is 0. The number of piperazine rings is 1. The molecule has 0 spiro atoms. The van der Waals surface area contributed by atoms with E-state index in [1.54, 1.807) is 4.90 Å². The minimum atomic E-state index is -4.44. The maximum absolute atomic E-state index is 12.8. The molecule has 1 aromatic heterocycles. The molecule has 0 saturated carbocycles. The number of carbonyl (C=O) groups excluding carboxylic acids is 1. The molecule has 2 heterocycles. The molecular weight excluding hydrogens is 359 g/mol. The highest BCUT2D eigenvalue weighted by molar-refractivity contribution is 5.92. The average molecular weight is 376 g/mol. The second kappa shape index (κ2) is 7.40. The fourth-order valence-corrected chi connectivity index (χ4v) is 2.60. The van der Waals surface area contributed by atoms with Crippen LogP contribution in [0, 0.1) is 0 Å². The molecule has 6 nitrogen and oxygen atoms in total. The van der Waals surface area contributed by atoms with Crippen molar-refractivity contribution in [1.82, 2.24) is 25.2 Å². The molecule has 1 amide bonds. The van der Waals surface area contributed by atoms with Gasteiger partial charge < -0.3 is 10.2 Å². The first-order chi connectivity index (χ1) is 11.4. The Bertz CT molecular complexity index is 749. The zero-order valence-corrected chi connectivity index (χ0v) is 14.1. The number of halogens is 4. The number of alkyl halides is 3. The van der Waals surface area contributed by atoms with Crippen molar-refractivity contribution in [2.75, 3.05) is 19.6 Å². The number of benzene rings is 1. The summed E-state index contributed by atoms with van der Waals surface area (Å²) in [5.74, 6) is -0.276. The summed E-state index contributed by atoms with van der Waals surface area (Å²) in [6.07, 6.45) is -3.09. The fraction of sp³-hybridized carbons (Fsp3) is 0.400. The molecule has 10 heteroatoms. The van der Waals surface area contributed by atoms with Crippen LogP contribution in [0.25, 0.3) is 5.69 Å². The van der Waals surface area contributed by atoms with Gasteiger partial charge in [0.05, 0.1) is 17.4 Å². The molecule has 1 saturated heterocycles. The summed E-state index contributed by atoms with van der Waals surface area (Å²) in [5, 5.41) is 10.8. The molecule has 1 fully saturated rings. The normalized spacial score (nSPS) is 17.9. The number of amides is 1. The minimum Gasteiger partial charge on any atom is -0.332 e. The third-order valence-corrected chi connectivity index (χ3v) is 3.91. The number of aromatic nitrogens is 3. The number of rotatable bonds is 2. The van der Waals surface area contributed by atoms with Crippen molar-refractivity contribution in [3.8, 4) is 5.69 Å². The number of hydrogen-bond acceptors (Lipinski definition) is 4. The van der Waals surface area contributed by atoms with Gasteiger partial charge in [0.15, 0.2) is 5.69 Å². The Balaban J connectivity index is 0.00000225. The average Bonchev–Trinajstić information content (AvgIpc) is 3.04. The molecule has 3 rings (SSSR count). The lowest BCUT2D eigenvalue weighted by Crippen LogP contribution is -2.52. The van der Waals surface area contributed by atoms with Gasteiger partial charge in [0.25, 0.3) is 5.91 Å². The van der Waals surface area contributed by atoms with Gasteiger partial charge in [-0.05, 0) is 25.1 Å². The lowest BCUT2D eigenvalue weighted by atomic mass is 10.2. The van der Waals surface area contributed by atoms with E-state index in [0.717, 1.165) is 12.1 Å². The van der Waals surface area contributed by atoms with Gasteiger partial charge in [-0.1, -0.05) is 11.3 Å². The topological polar surface area (TPSA) is 63.1 Å². The molecule has 1 N–H and O–H groups in total. The van der Waals surface area contributed by atoms with Crippen molar-refractivity contribution in [3.05, 3.63) is 41.7 Å². The SMILES string of the molecule is C[C@@H]1CNCCN1C(=O)c1cn(-c2cccc(C(F)(F)F)c2)nn1.Cl. The molecular formula is C15H17ClF3N5O. The van der Waals surface area contributed by atoms with Crippen molar-refractivity contribution in [2.45, 2.75) is 19.1 Å². The van der Waals surface area contributed by atoms with E-state index in [1.807, 2.05) is 6.92 Å². The van der Waals surface area contributed by atoms with Crippen LogP contribution in [0.1, 0.15) is 23.0 Å². The van der Waals surface area contributed by atoms with Crippen LogP contribution in [-0.2, 0) is 6.18 Å². The van der Waals surface area contributed by atoms with Gasteiger partial charge in [0, 0.05) is 25.7 Å². The van der Waals surface area contributed by atoms with Crippen LogP contribution in [0.5, 0.6) is 0 Å². The summed E-state index contributed by atoms with van der Waals surface area (Å²) in [4.78, 5) is 14.2. The van der Waals surface area contributed by atoms with E-state index in [0.29, 0.717) is 19.6 Å². The maximum atomic E-state index is 12.8. The highest BCUT2D eigenvalue weighted by Gasteiger charge is 2.31. The molecule has 1 atom stereocenters. The third-order valence-electron chi connectivity index (χ3n) is 3.91. The van der Waals surface area contributed by atoms with E-state index in [2.05, 4.69) is 15.6 Å². The first-order valence-corrected chi connectivity index (χ1v) is 7.48. The fourth-order valence-electron chi connectivity index (χ4n) is 2.60. The Morgan fingerprint density at radius 1 is 1.36 bits per heavy atom. The first-order valence-electron chi connectivity index (χ1n) is 7.48. The quantitative estimate of drug-likeness (QED) is 0.873. The van der Waals surface area contributed by atoms with Crippen molar-refractivity contribution in [2.24, 2.45) is 0 Å². The summed E-state index contributed by atoms with van der Waals surface area (Å²) < 4.78 is 39.5. The monoisotopic (exact) mass is 375 g/mol. The van der Waals surface area contributed by atoms with Crippen molar-refractivity contribution >= 4 is 18.3 Å². The molecule has 0 unspecified atom stereocenters. The highest BCUT2D eigenvalue weighted by Crippen LogP contribution is 2.30. The van der Waals surface area contributed by atoms with E-state index in [1.165, 1.54) is 23.0 Å². The Kier molecular flexibility index (Phi) is 5.69. The Morgan fingerprint density at radius 2 is 2.12 bits per heavy atom. The lowest BCUT2D eigenvalue weighted by molar-refractivity contribution is -0.137. The van der Waals surface area contributed by atoms with Crippen LogP contribution in [0.15, 0.2) is 30.5 Å². The van der Waals surface area contributed by atoms with E-state index < -0.39 is 11.7 Å². The van der Waals surface area contributed by atoms with E-state index in [4.69, 9.17) is 0 Å². The molecule has 1 aliphatic rings. The van der Waals surface area contributed by atoms with E-state index in [9.17, 15) is 18.0 Å². The van der Waals surface area contributed by atoms with Crippen LogP contribution in [0.3, 0.4) is 0 Å². The molecule has 25 heavy (non-hydrogen) atoms. The van der Waals surface area contributed by atoms with Crippen molar-refractivity contribution in [1.29, 1.82) is 0 Å². The van der Waals surface area contributed by atoms with Gasteiger partial charge in [-0.2, -0.15) is 13.2 Å². The van der Waals surface area contributed by atoms with Crippen LogP contribution in [0.2, 0.25) is 0 Å². The standard InChI is InChI=1S/C15H16F3N5O.ClH/c1-10-8-19-5-6-22(10)14(24)13-9-23(21-20-13)12-4-2-3-11(7-12)15(16,17)18;/h2-4,7,9-10,19H,5-6,8H2,1H3;1H/t10-;/m1./s1. The second-order valence-corrected chi connectivity index (χ2v) is 5.65. The van der Waals surface area contributed by atoms with Crippen LogP contribution >= 0.6 is 12.4 Å². The predicted octanol–water partition coefficient (Wildman–Crippen LogP) is 2.14. The van der Waals surface area contributed by atoms with Crippen molar-refractivity contribution in [3.63, 3.8) is 0 Å². The molecule has 0 radical (unpaired) electrons. The second-order valence-electron chi connectivity index (χ2n) is 5.65. The maximum Gasteiger partial charge on any atom is 0.416 e. The molecule has 0 bridgehead atoms. The number of nitrogens with zero attached hydrogens (tertiary/aromatic N) is 4. The Morgan fingerprint density at radius 3 is 2.80 bits per heavy atom. The summed E-state index contributed by atoms with van der Waals surface area (Å²) in [6, 6.07) is 4.74. The zero-order valence-electron chi connectivity index (χ0n) is 13.3. The van der Waals surface area contributed by atoms with Gasteiger partial charge in [-0.25, -0.2) is 4.68 Å².